The molecule has 0 saturated carbocycles. The van der Waals surface area contributed by atoms with E-state index in [4.69, 9.17) is 0 Å². The Morgan fingerprint density at radius 3 is 2.65 bits per heavy atom. The minimum Gasteiger partial charge on any atom is -0.355 e. The fourth-order valence-corrected chi connectivity index (χ4v) is 3.41. The fraction of sp³-hybridized carbons (Fsp3) is 0.412. The third-order valence-electron chi connectivity index (χ3n) is 3.45. The van der Waals surface area contributed by atoms with Crippen molar-refractivity contribution in [3.63, 3.8) is 0 Å². The fourth-order valence-electron chi connectivity index (χ4n) is 2.26. The number of hydrogen-bond acceptors (Lipinski definition) is 3. The van der Waals surface area contributed by atoms with Gasteiger partial charge in [0, 0.05) is 28.2 Å². The average molecular weight is 396 g/mol. The Hall–Kier alpha value is -1.27. The molecule has 0 fully saturated rings. The molecule has 6 heteroatoms. The maximum atomic E-state index is 12.1. The highest BCUT2D eigenvalue weighted by Crippen LogP contribution is 2.24. The van der Waals surface area contributed by atoms with Gasteiger partial charge in [-0.25, -0.2) is 0 Å². The predicted molar refractivity (Wildman–Crippen MR) is 98.8 cm³/mol. The summed E-state index contributed by atoms with van der Waals surface area (Å²) in [5.41, 5.74) is 2.19. The summed E-state index contributed by atoms with van der Waals surface area (Å²) in [6, 6.07) is 10.1. The third-order valence-corrected chi connectivity index (χ3v) is 5.09. The highest BCUT2D eigenvalue weighted by atomic mass is 79.9. The molecule has 1 aromatic carbocycles. The lowest BCUT2D eigenvalue weighted by Gasteiger charge is -2.12. The van der Waals surface area contributed by atoms with Crippen molar-refractivity contribution in [1.82, 2.24) is 15.1 Å². The van der Waals surface area contributed by atoms with Crippen LogP contribution in [0, 0.1) is 13.8 Å². The Balaban J connectivity index is 1.71. The van der Waals surface area contributed by atoms with E-state index in [0.29, 0.717) is 6.54 Å². The molecule has 0 spiro atoms. The van der Waals surface area contributed by atoms with Crippen LogP contribution in [0.25, 0.3) is 0 Å². The summed E-state index contributed by atoms with van der Waals surface area (Å²) in [5.74, 6) is 0.0753. The summed E-state index contributed by atoms with van der Waals surface area (Å²) in [5, 5.41) is 7.31. The number of amides is 1. The zero-order chi connectivity index (χ0) is 16.8. The van der Waals surface area contributed by atoms with E-state index < -0.39 is 0 Å². The molecule has 1 unspecified atom stereocenters. The van der Waals surface area contributed by atoms with Crippen LogP contribution in [0.5, 0.6) is 0 Å². The van der Waals surface area contributed by atoms with E-state index in [9.17, 15) is 4.79 Å². The SMILES string of the molecule is Cc1cc(C)n(CCCNC(=O)C(C)Sc2ccc(Br)cc2)n1. The van der Waals surface area contributed by atoms with E-state index >= 15 is 0 Å². The number of carbonyl (C=O) groups excluding carboxylic acids is 1. The van der Waals surface area contributed by atoms with Crippen molar-refractivity contribution in [3.8, 4) is 0 Å². The lowest BCUT2D eigenvalue weighted by atomic mass is 10.3. The molecular weight excluding hydrogens is 374 g/mol. The summed E-state index contributed by atoms with van der Waals surface area (Å²) in [7, 11) is 0. The zero-order valence-corrected chi connectivity index (χ0v) is 16.1. The number of aryl methyl sites for hydroxylation is 3. The van der Waals surface area contributed by atoms with E-state index in [-0.39, 0.29) is 11.2 Å². The van der Waals surface area contributed by atoms with Crippen LogP contribution in [0.4, 0.5) is 0 Å². The molecule has 2 aromatic rings. The van der Waals surface area contributed by atoms with E-state index in [1.165, 1.54) is 0 Å². The molecule has 0 aliphatic carbocycles. The number of hydrogen-bond donors (Lipinski definition) is 1. The van der Waals surface area contributed by atoms with Gasteiger partial charge in [0.2, 0.25) is 5.91 Å². The van der Waals surface area contributed by atoms with Gasteiger partial charge in [-0.3, -0.25) is 9.48 Å². The Labute approximate surface area is 150 Å². The van der Waals surface area contributed by atoms with Crippen LogP contribution in [0.1, 0.15) is 24.7 Å². The van der Waals surface area contributed by atoms with Crippen molar-refractivity contribution in [2.75, 3.05) is 6.54 Å². The Morgan fingerprint density at radius 2 is 2.04 bits per heavy atom. The molecule has 23 heavy (non-hydrogen) atoms. The number of aromatic nitrogens is 2. The van der Waals surface area contributed by atoms with Gasteiger partial charge in [-0.15, -0.1) is 11.8 Å². The van der Waals surface area contributed by atoms with Crippen molar-refractivity contribution in [2.24, 2.45) is 0 Å². The Morgan fingerprint density at radius 1 is 1.35 bits per heavy atom. The van der Waals surface area contributed by atoms with Gasteiger partial charge in [-0.2, -0.15) is 5.10 Å². The second-order valence-electron chi connectivity index (χ2n) is 5.51. The van der Waals surface area contributed by atoms with Crippen LogP contribution in [0.15, 0.2) is 39.7 Å². The summed E-state index contributed by atoms with van der Waals surface area (Å²) in [6.07, 6.45) is 0.878. The monoisotopic (exact) mass is 395 g/mol. The number of nitrogens with one attached hydrogen (secondary N) is 1. The molecule has 1 amide bonds. The first-order valence-corrected chi connectivity index (χ1v) is 9.34. The van der Waals surface area contributed by atoms with Crippen molar-refractivity contribution >= 4 is 33.6 Å². The molecule has 1 N–H and O–H groups in total. The molecule has 0 aliphatic rings. The number of halogens is 1. The molecule has 124 valence electrons. The quantitative estimate of drug-likeness (QED) is 0.570. The molecule has 1 atom stereocenters. The Kier molecular flexibility index (Phi) is 6.72. The first-order valence-electron chi connectivity index (χ1n) is 7.66. The van der Waals surface area contributed by atoms with Crippen LogP contribution in [-0.2, 0) is 11.3 Å². The Bertz CT molecular complexity index is 654. The highest BCUT2D eigenvalue weighted by Gasteiger charge is 2.13. The van der Waals surface area contributed by atoms with Crippen LogP contribution < -0.4 is 5.32 Å². The van der Waals surface area contributed by atoms with Gasteiger partial charge in [-0.05, 0) is 57.5 Å². The van der Waals surface area contributed by atoms with E-state index in [1.54, 1.807) is 11.8 Å². The molecule has 0 aliphatic heterocycles. The van der Waals surface area contributed by atoms with Crippen molar-refractivity contribution < 1.29 is 4.79 Å². The summed E-state index contributed by atoms with van der Waals surface area (Å²) < 4.78 is 3.03. The van der Waals surface area contributed by atoms with Gasteiger partial charge in [0.1, 0.15) is 0 Å². The number of rotatable bonds is 7. The van der Waals surface area contributed by atoms with Crippen LogP contribution >= 0.6 is 27.7 Å². The highest BCUT2D eigenvalue weighted by molar-refractivity contribution is 9.10. The molecule has 2 rings (SSSR count). The molecular formula is C17H22BrN3OS. The summed E-state index contributed by atoms with van der Waals surface area (Å²) >= 11 is 4.98. The summed E-state index contributed by atoms with van der Waals surface area (Å²) in [6.45, 7) is 7.47. The van der Waals surface area contributed by atoms with Gasteiger partial charge in [0.25, 0.3) is 0 Å². The van der Waals surface area contributed by atoms with Crippen molar-refractivity contribution in [1.29, 1.82) is 0 Å². The minimum atomic E-state index is -0.107. The van der Waals surface area contributed by atoms with Crippen LogP contribution in [0.2, 0.25) is 0 Å². The summed E-state index contributed by atoms with van der Waals surface area (Å²) in [4.78, 5) is 13.2. The second-order valence-corrected chi connectivity index (χ2v) is 7.84. The van der Waals surface area contributed by atoms with Gasteiger partial charge in [0.15, 0.2) is 0 Å². The number of thioether (sulfide) groups is 1. The van der Waals surface area contributed by atoms with Gasteiger partial charge in [-0.1, -0.05) is 15.9 Å². The minimum absolute atomic E-state index is 0.0753. The topological polar surface area (TPSA) is 46.9 Å². The lowest BCUT2D eigenvalue weighted by molar-refractivity contribution is -0.120. The molecule has 1 heterocycles. The van der Waals surface area contributed by atoms with Crippen molar-refractivity contribution in [3.05, 3.63) is 46.2 Å². The van der Waals surface area contributed by atoms with Gasteiger partial charge in [0.05, 0.1) is 10.9 Å². The maximum Gasteiger partial charge on any atom is 0.233 e. The van der Waals surface area contributed by atoms with Crippen LogP contribution in [0.3, 0.4) is 0 Å². The first-order chi connectivity index (χ1) is 11.0. The zero-order valence-electron chi connectivity index (χ0n) is 13.7. The van der Waals surface area contributed by atoms with E-state index in [1.807, 2.05) is 42.8 Å². The maximum absolute atomic E-state index is 12.1. The van der Waals surface area contributed by atoms with Crippen LogP contribution in [-0.4, -0.2) is 27.5 Å². The molecule has 0 bridgehead atoms. The standard InChI is InChI=1S/C17H22BrN3OS/c1-12-11-13(2)21(20-12)10-4-9-19-17(22)14(3)23-16-7-5-15(18)6-8-16/h5-8,11,14H,4,9-10H2,1-3H3,(H,19,22). The largest absolute Gasteiger partial charge is 0.355 e. The average Bonchev–Trinajstić information content (AvgIpc) is 2.83. The smallest absolute Gasteiger partial charge is 0.233 e. The van der Waals surface area contributed by atoms with Gasteiger partial charge >= 0.3 is 0 Å². The van der Waals surface area contributed by atoms with E-state index in [2.05, 4.69) is 39.3 Å². The second kappa shape index (κ2) is 8.55. The van der Waals surface area contributed by atoms with Crippen molar-refractivity contribution in [2.45, 2.75) is 43.9 Å². The number of benzene rings is 1. The molecule has 1 aromatic heterocycles. The van der Waals surface area contributed by atoms with Gasteiger partial charge < -0.3 is 5.32 Å². The predicted octanol–water partition coefficient (Wildman–Crippen LogP) is 3.95. The molecule has 0 radical (unpaired) electrons. The number of nitrogens with zero attached hydrogens (tertiary/aromatic N) is 2. The molecule has 0 saturated heterocycles. The normalized spacial score (nSPS) is 12.2. The van der Waals surface area contributed by atoms with E-state index in [0.717, 1.165) is 33.7 Å². The number of carbonyl (C=O) groups is 1. The lowest BCUT2D eigenvalue weighted by Crippen LogP contribution is -2.32. The first kappa shape index (κ1) is 18.1. The third kappa shape index (κ3) is 5.70. The molecule has 4 nitrogen and oxygen atoms in total.